The van der Waals surface area contributed by atoms with E-state index < -0.39 is 23.2 Å². The predicted molar refractivity (Wildman–Crippen MR) is 74.3 cm³/mol. The van der Waals surface area contributed by atoms with Crippen molar-refractivity contribution in [2.24, 2.45) is 0 Å². The molecule has 21 heavy (non-hydrogen) atoms. The average Bonchev–Trinajstić information content (AvgIpc) is 2.31. The van der Waals surface area contributed by atoms with Crippen LogP contribution in [0.3, 0.4) is 0 Å². The van der Waals surface area contributed by atoms with Gasteiger partial charge in [0.1, 0.15) is 0 Å². The Hall–Kier alpha value is -2.18. The third-order valence-electron chi connectivity index (χ3n) is 2.49. The van der Waals surface area contributed by atoms with E-state index in [0.717, 1.165) is 12.1 Å². The van der Waals surface area contributed by atoms with Gasteiger partial charge in [-0.3, -0.25) is 4.79 Å². The van der Waals surface area contributed by atoms with Gasteiger partial charge in [0.05, 0.1) is 11.3 Å². The Labute approximate surface area is 121 Å². The van der Waals surface area contributed by atoms with Gasteiger partial charge < -0.3 is 15.7 Å². The molecule has 7 heteroatoms. The first-order valence-electron chi connectivity index (χ1n) is 6.38. The Balaban J connectivity index is 2.63. The monoisotopic (exact) mass is 300 g/mol. The number of anilines is 1. The molecule has 0 heterocycles. The van der Waals surface area contributed by atoms with Gasteiger partial charge in [-0.05, 0) is 32.9 Å². The lowest BCUT2D eigenvalue weighted by Crippen LogP contribution is -2.41. The van der Waals surface area contributed by atoms with Crippen LogP contribution in [0.5, 0.6) is 0 Å². The normalized spacial score (nSPS) is 11.1. The van der Waals surface area contributed by atoms with E-state index >= 15 is 0 Å². The molecule has 0 fully saturated rings. The molecule has 0 aliphatic heterocycles. The fraction of sp³-hybridized carbons (Fsp3) is 0.429. The lowest BCUT2D eigenvalue weighted by atomic mass is 10.1. The van der Waals surface area contributed by atoms with Crippen LogP contribution in [0.4, 0.5) is 14.5 Å². The maximum absolute atomic E-state index is 13.6. The number of halogens is 2. The van der Waals surface area contributed by atoms with Crippen molar-refractivity contribution in [3.05, 3.63) is 29.3 Å². The largest absolute Gasteiger partial charge is 0.478 e. The Morgan fingerprint density at radius 1 is 1.19 bits per heavy atom. The summed E-state index contributed by atoms with van der Waals surface area (Å²) in [6.45, 7) is 5.60. The van der Waals surface area contributed by atoms with Crippen LogP contribution < -0.4 is 10.6 Å². The van der Waals surface area contributed by atoms with E-state index in [1.165, 1.54) is 0 Å². The first-order valence-corrected chi connectivity index (χ1v) is 6.38. The molecule has 0 atom stereocenters. The zero-order valence-electron chi connectivity index (χ0n) is 12.1. The number of aromatic carboxylic acids is 1. The molecule has 0 bridgehead atoms. The number of carboxylic acid groups (broad SMARTS) is 1. The molecule has 5 nitrogen and oxygen atoms in total. The van der Waals surface area contributed by atoms with Gasteiger partial charge in [-0.15, -0.1) is 0 Å². The Morgan fingerprint density at radius 3 is 2.33 bits per heavy atom. The van der Waals surface area contributed by atoms with E-state index in [2.05, 4.69) is 10.6 Å². The molecule has 1 aromatic carbocycles. The third-order valence-corrected chi connectivity index (χ3v) is 2.49. The summed E-state index contributed by atoms with van der Waals surface area (Å²) in [5, 5.41) is 14.0. The van der Waals surface area contributed by atoms with E-state index in [0.29, 0.717) is 0 Å². The van der Waals surface area contributed by atoms with Crippen LogP contribution in [0.15, 0.2) is 12.1 Å². The maximum atomic E-state index is 13.6. The second-order valence-electron chi connectivity index (χ2n) is 5.57. The summed E-state index contributed by atoms with van der Waals surface area (Å²) in [5.74, 6) is -4.46. The summed E-state index contributed by atoms with van der Waals surface area (Å²) in [6.07, 6.45) is 0.0824. The molecule has 0 aliphatic rings. The average molecular weight is 300 g/mol. The molecule has 0 radical (unpaired) electrons. The lowest BCUT2D eigenvalue weighted by molar-refractivity contribution is -0.122. The fourth-order valence-electron chi connectivity index (χ4n) is 1.64. The molecule has 1 amide bonds. The predicted octanol–water partition coefficient (Wildman–Crippen LogP) is 2.38. The summed E-state index contributed by atoms with van der Waals surface area (Å²) in [4.78, 5) is 22.2. The zero-order chi connectivity index (χ0) is 16.2. The van der Waals surface area contributed by atoms with Gasteiger partial charge in [-0.25, -0.2) is 13.6 Å². The lowest BCUT2D eigenvalue weighted by Gasteiger charge is -2.20. The van der Waals surface area contributed by atoms with E-state index in [4.69, 9.17) is 5.11 Å². The maximum Gasteiger partial charge on any atom is 0.338 e. The van der Waals surface area contributed by atoms with E-state index in [1.807, 2.05) is 20.8 Å². The summed E-state index contributed by atoms with van der Waals surface area (Å²) in [6, 6.07) is 2.10. The minimum Gasteiger partial charge on any atom is -0.478 e. The van der Waals surface area contributed by atoms with E-state index in [-0.39, 0.29) is 30.1 Å². The number of carboxylic acids is 1. The van der Waals surface area contributed by atoms with Gasteiger partial charge in [-0.1, -0.05) is 0 Å². The number of carbonyl (C=O) groups is 2. The van der Waals surface area contributed by atoms with Gasteiger partial charge in [0.15, 0.2) is 11.6 Å². The highest BCUT2D eigenvalue weighted by Gasteiger charge is 2.18. The van der Waals surface area contributed by atoms with Crippen LogP contribution in [0.2, 0.25) is 0 Å². The first-order chi connectivity index (χ1) is 9.61. The van der Waals surface area contributed by atoms with Crippen LogP contribution in [-0.2, 0) is 4.79 Å². The van der Waals surface area contributed by atoms with Gasteiger partial charge >= 0.3 is 5.97 Å². The van der Waals surface area contributed by atoms with Crippen molar-refractivity contribution >= 4 is 17.6 Å². The third kappa shape index (κ3) is 5.02. The highest BCUT2D eigenvalue weighted by Crippen LogP contribution is 2.20. The molecule has 0 unspecified atom stereocenters. The van der Waals surface area contributed by atoms with Crippen molar-refractivity contribution in [3.63, 3.8) is 0 Å². The standard InChI is InChI=1S/C14H18F2N2O3/c1-14(2,3)18-10(19)6-7-17-9-5-4-8(13(20)21)11(15)12(9)16/h4-5,17H,6-7H2,1-3H3,(H,18,19)(H,20,21). The zero-order valence-corrected chi connectivity index (χ0v) is 12.1. The van der Waals surface area contributed by atoms with Crippen LogP contribution in [0, 0.1) is 11.6 Å². The van der Waals surface area contributed by atoms with Crippen LogP contribution in [0.1, 0.15) is 37.6 Å². The highest BCUT2D eigenvalue weighted by atomic mass is 19.2. The summed E-state index contributed by atoms with van der Waals surface area (Å²) in [5.41, 5.74) is -1.28. The molecule has 0 aliphatic carbocycles. The molecule has 1 aromatic rings. The van der Waals surface area contributed by atoms with Gasteiger partial charge in [0, 0.05) is 18.5 Å². The quantitative estimate of drug-likeness (QED) is 0.780. The van der Waals surface area contributed by atoms with E-state index in [1.54, 1.807) is 0 Å². The van der Waals surface area contributed by atoms with Crippen molar-refractivity contribution in [1.29, 1.82) is 0 Å². The van der Waals surface area contributed by atoms with Crippen LogP contribution in [-0.4, -0.2) is 29.1 Å². The Morgan fingerprint density at radius 2 is 1.81 bits per heavy atom. The molecule has 0 aromatic heterocycles. The number of hydrogen-bond donors (Lipinski definition) is 3. The summed E-state index contributed by atoms with van der Waals surface area (Å²) >= 11 is 0. The summed E-state index contributed by atoms with van der Waals surface area (Å²) in [7, 11) is 0. The molecule has 116 valence electrons. The Kier molecular flexibility index (Phi) is 5.23. The van der Waals surface area contributed by atoms with Crippen molar-refractivity contribution in [1.82, 2.24) is 5.32 Å². The number of benzene rings is 1. The Bertz CT molecular complexity index is 554. The molecular weight excluding hydrogens is 282 g/mol. The van der Waals surface area contributed by atoms with Gasteiger partial charge in [0.2, 0.25) is 5.91 Å². The van der Waals surface area contributed by atoms with Gasteiger partial charge in [-0.2, -0.15) is 0 Å². The van der Waals surface area contributed by atoms with Crippen molar-refractivity contribution in [2.75, 3.05) is 11.9 Å². The molecule has 3 N–H and O–H groups in total. The number of rotatable bonds is 5. The highest BCUT2D eigenvalue weighted by molar-refractivity contribution is 5.88. The molecule has 0 spiro atoms. The first kappa shape index (κ1) is 16.9. The van der Waals surface area contributed by atoms with Crippen LogP contribution >= 0.6 is 0 Å². The molecular formula is C14H18F2N2O3. The number of hydrogen-bond acceptors (Lipinski definition) is 3. The van der Waals surface area contributed by atoms with E-state index in [9.17, 15) is 18.4 Å². The van der Waals surface area contributed by atoms with Gasteiger partial charge in [0.25, 0.3) is 0 Å². The number of carbonyl (C=O) groups excluding carboxylic acids is 1. The molecule has 0 saturated carbocycles. The summed E-state index contributed by atoms with van der Waals surface area (Å²) < 4.78 is 27.1. The fourth-order valence-corrected chi connectivity index (χ4v) is 1.64. The van der Waals surface area contributed by atoms with Crippen LogP contribution in [0.25, 0.3) is 0 Å². The SMILES string of the molecule is CC(C)(C)NC(=O)CCNc1ccc(C(=O)O)c(F)c1F. The minimum atomic E-state index is -1.54. The van der Waals surface area contributed by atoms with Crippen molar-refractivity contribution < 1.29 is 23.5 Å². The topological polar surface area (TPSA) is 78.4 Å². The number of nitrogens with one attached hydrogen (secondary N) is 2. The smallest absolute Gasteiger partial charge is 0.338 e. The molecule has 1 rings (SSSR count). The van der Waals surface area contributed by atoms with Crippen molar-refractivity contribution in [2.45, 2.75) is 32.7 Å². The number of amides is 1. The second kappa shape index (κ2) is 6.51. The van der Waals surface area contributed by atoms with Crippen molar-refractivity contribution in [3.8, 4) is 0 Å². The molecule has 0 saturated heterocycles. The minimum absolute atomic E-state index is 0.0824. The second-order valence-corrected chi connectivity index (χ2v) is 5.57.